The Kier molecular flexibility index (Phi) is 7.49. The smallest absolute Gasteiger partial charge is 0.0540 e. The highest BCUT2D eigenvalue weighted by Gasteiger charge is 2.61. The Labute approximate surface area is 336 Å². The third kappa shape index (κ3) is 5.08. The van der Waals surface area contributed by atoms with Gasteiger partial charge in [-0.25, -0.2) is 0 Å². The molecule has 0 heterocycles. The molecule has 5 unspecified atom stereocenters. The molecule has 5 atom stereocenters. The second-order valence-electron chi connectivity index (χ2n) is 17.3. The van der Waals surface area contributed by atoms with E-state index >= 15 is 0 Å². The summed E-state index contributed by atoms with van der Waals surface area (Å²) in [6, 6.07) is 70.4. The molecule has 1 nitrogen and oxygen atoms in total. The summed E-state index contributed by atoms with van der Waals surface area (Å²) in [4.78, 5) is 2.52. The van der Waals surface area contributed by atoms with Gasteiger partial charge in [0.25, 0.3) is 0 Å². The Morgan fingerprint density at radius 3 is 1.96 bits per heavy atom. The van der Waals surface area contributed by atoms with E-state index in [1.54, 1.807) is 11.1 Å². The summed E-state index contributed by atoms with van der Waals surface area (Å²) < 4.78 is 0. The predicted octanol–water partition coefficient (Wildman–Crippen LogP) is 15.0. The molecule has 0 N–H and O–H groups in total. The molecule has 0 aliphatic heterocycles. The zero-order chi connectivity index (χ0) is 37.5. The first-order valence-corrected chi connectivity index (χ1v) is 21.1. The molecule has 12 rings (SSSR count). The SMILES string of the molecule is c1ccc(-c2ccc(N(c3ccc(-c4cccc5ccccc45)cc3)c3ccc4c(c3)-c3ccccc3C43CCC4CC5CC3C5C4)c(-c3ccccc3)c2)cc1. The third-order valence-electron chi connectivity index (χ3n) is 14.6. The van der Waals surface area contributed by atoms with Crippen molar-refractivity contribution >= 4 is 27.8 Å². The molecule has 0 aromatic heterocycles. The largest absolute Gasteiger partial charge is 0.310 e. The minimum Gasteiger partial charge on any atom is -0.310 e. The van der Waals surface area contributed by atoms with Gasteiger partial charge in [0.2, 0.25) is 0 Å². The highest BCUT2D eigenvalue weighted by atomic mass is 15.1. The summed E-state index contributed by atoms with van der Waals surface area (Å²) in [6.45, 7) is 0. The van der Waals surface area contributed by atoms with Crippen molar-refractivity contribution in [2.24, 2.45) is 23.7 Å². The van der Waals surface area contributed by atoms with Crippen LogP contribution in [0.1, 0.15) is 43.2 Å². The van der Waals surface area contributed by atoms with Gasteiger partial charge in [-0.2, -0.15) is 0 Å². The zero-order valence-corrected chi connectivity index (χ0v) is 32.2. The van der Waals surface area contributed by atoms with E-state index in [2.05, 4.69) is 193 Å². The van der Waals surface area contributed by atoms with Gasteiger partial charge in [0.15, 0.2) is 0 Å². The van der Waals surface area contributed by atoms with Gasteiger partial charge in [-0.15, -0.1) is 0 Å². The van der Waals surface area contributed by atoms with Crippen LogP contribution in [0.4, 0.5) is 17.1 Å². The van der Waals surface area contributed by atoms with Crippen LogP contribution in [0.2, 0.25) is 0 Å². The highest BCUT2D eigenvalue weighted by molar-refractivity contribution is 5.98. The molecule has 4 aliphatic carbocycles. The number of anilines is 3. The lowest BCUT2D eigenvalue weighted by Crippen LogP contribution is -2.47. The van der Waals surface area contributed by atoms with Crippen molar-refractivity contribution in [1.82, 2.24) is 0 Å². The maximum Gasteiger partial charge on any atom is 0.0540 e. The number of benzene rings is 8. The molecule has 8 aromatic carbocycles. The molecule has 0 saturated heterocycles. The van der Waals surface area contributed by atoms with E-state index in [-0.39, 0.29) is 5.41 Å². The molecule has 4 aliphatic rings. The summed E-state index contributed by atoms with van der Waals surface area (Å²) in [7, 11) is 0. The van der Waals surface area contributed by atoms with Crippen LogP contribution in [0.5, 0.6) is 0 Å². The van der Waals surface area contributed by atoms with E-state index in [1.165, 1.54) is 98.8 Å². The highest BCUT2D eigenvalue weighted by Crippen LogP contribution is 2.69. The quantitative estimate of drug-likeness (QED) is 0.165. The van der Waals surface area contributed by atoms with E-state index in [1.807, 2.05) is 0 Å². The summed E-state index contributed by atoms with van der Waals surface area (Å²) >= 11 is 0. The Hall–Kier alpha value is -6.18. The maximum atomic E-state index is 2.55. The molecule has 1 heteroatoms. The van der Waals surface area contributed by atoms with Crippen molar-refractivity contribution in [3.63, 3.8) is 0 Å². The van der Waals surface area contributed by atoms with Crippen molar-refractivity contribution in [2.45, 2.75) is 37.5 Å². The standard InChI is InChI=1S/C56H45N/c1-3-12-38(13-4-1)42-24-29-55(50(34-42)40-14-5-2-6-15-40)57(44-25-22-41(23-26-44)47-20-11-17-39-16-7-8-18-46(39)47)45-27-28-53-51(36-45)48-19-9-10-21-52(48)56(53)31-30-37-32-43-35-54(56)49(43)33-37/h1-29,34,36-37,43,49,54H,30-33,35H2. The molecular weight excluding hydrogens is 687 g/mol. The second-order valence-corrected chi connectivity index (χ2v) is 17.3. The van der Waals surface area contributed by atoms with Gasteiger partial charge in [0, 0.05) is 22.4 Å². The number of rotatable bonds is 6. The molecule has 274 valence electrons. The van der Waals surface area contributed by atoms with E-state index in [0.29, 0.717) is 0 Å². The van der Waals surface area contributed by atoms with Crippen LogP contribution in [-0.2, 0) is 5.41 Å². The van der Waals surface area contributed by atoms with Crippen LogP contribution < -0.4 is 4.90 Å². The van der Waals surface area contributed by atoms with Crippen molar-refractivity contribution in [3.8, 4) is 44.5 Å². The lowest BCUT2D eigenvalue weighted by atomic mass is 9.51. The minimum atomic E-state index is 0.137. The predicted molar refractivity (Wildman–Crippen MR) is 238 cm³/mol. The fourth-order valence-corrected chi connectivity index (χ4v) is 12.1. The van der Waals surface area contributed by atoms with Gasteiger partial charge in [-0.1, -0.05) is 152 Å². The van der Waals surface area contributed by atoms with Crippen LogP contribution in [0.15, 0.2) is 188 Å². The fourth-order valence-electron chi connectivity index (χ4n) is 12.1. The molecule has 1 spiro atoms. The van der Waals surface area contributed by atoms with Crippen molar-refractivity contribution in [3.05, 3.63) is 199 Å². The maximum absolute atomic E-state index is 2.55. The number of fused-ring (bicyclic) bond motifs is 8. The zero-order valence-electron chi connectivity index (χ0n) is 32.2. The molecule has 8 aromatic rings. The molecule has 2 bridgehead atoms. The topological polar surface area (TPSA) is 3.24 Å². The molecule has 0 amide bonds. The summed E-state index contributed by atoms with van der Waals surface area (Å²) in [5.74, 6) is 3.53. The van der Waals surface area contributed by atoms with Gasteiger partial charge >= 0.3 is 0 Å². The first-order valence-electron chi connectivity index (χ1n) is 21.1. The average Bonchev–Trinajstić information content (AvgIpc) is 3.69. The van der Waals surface area contributed by atoms with Gasteiger partial charge < -0.3 is 4.90 Å². The first-order chi connectivity index (χ1) is 28.2. The number of hydrogen-bond acceptors (Lipinski definition) is 1. The van der Waals surface area contributed by atoms with Crippen LogP contribution in [0.3, 0.4) is 0 Å². The van der Waals surface area contributed by atoms with Gasteiger partial charge in [0.1, 0.15) is 0 Å². The molecule has 57 heavy (non-hydrogen) atoms. The van der Waals surface area contributed by atoms with Crippen LogP contribution >= 0.6 is 0 Å². The van der Waals surface area contributed by atoms with Gasteiger partial charge in [-0.3, -0.25) is 0 Å². The fraction of sp³-hybridized carbons (Fsp3) is 0.179. The van der Waals surface area contributed by atoms with E-state index in [4.69, 9.17) is 0 Å². The van der Waals surface area contributed by atoms with Gasteiger partial charge in [0.05, 0.1) is 5.69 Å². The van der Waals surface area contributed by atoms with Crippen molar-refractivity contribution in [1.29, 1.82) is 0 Å². The van der Waals surface area contributed by atoms with E-state index in [9.17, 15) is 0 Å². The van der Waals surface area contributed by atoms with Crippen LogP contribution in [0, 0.1) is 23.7 Å². The third-order valence-corrected chi connectivity index (χ3v) is 14.6. The van der Waals surface area contributed by atoms with Crippen molar-refractivity contribution < 1.29 is 0 Å². The summed E-state index contributed by atoms with van der Waals surface area (Å²) in [6.07, 6.45) is 6.98. The summed E-state index contributed by atoms with van der Waals surface area (Å²) in [5.41, 5.74) is 17.1. The van der Waals surface area contributed by atoms with Crippen molar-refractivity contribution in [2.75, 3.05) is 4.90 Å². The first kappa shape index (κ1) is 33.0. The lowest BCUT2D eigenvalue weighted by Gasteiger charge is -2.52. The Balaban J connectivity index is 1.05. The monoisotopic (exact) mass is 731 g/mol. The van der Waals surface area contributed by atoms with E-state index in [0.717, 1.165) is 29.4 Å². The lowest BCUT2D eigenvalue weighted by molar-refractivity contribution is 0.0400. The number of hydrogen-bond donors (Lipinski definition) is 0. The van der Waals surface area contributed by atoms with Crippen LogP contribution in [-0.4, -0.2) is 0 Å². The Morgan fingerprint density at radius 1 is 0.439 bits per heavy atom. The van der Waals surface area contributed by atoms with Gasteiger partial charge in [-0.05, 0) is 153 Å². The van der Waals surface area contributed by atoms with E-state index < -0.39 is 0 Å². The Bertz CT molecular complexity index is 2800. The summed E-state index contributed by atoms with van der Waals surface area (Å²) in [5, 5.41) is 2.55. The molecule has 3 saturated carbocycles. The van der Waals surface area contributed by atoms with Crippen LogP contribution in [0.25, 0.3) is 55.3 Å². The molecular formula is C56H45N. The molecule has 0 radical (unpaired) electrons. The Morgan fingerprint density at radius 2 is 1.11 bits per heavy atom. The molecule has 3 fully saturated rings. The second kappa shape index (κ2) is 12.9. The normalized spacial score (nSPS) is 22.5. The number of nitrogens with zero attached hydrogens (tertiary/aromatic N) is 1. The average molecular weight is 732 g/mol. The minimum absolute atomic E-state index is 0.137.